The molecule has 0 unspecified atom stereocenters. The Balaban J connectivity index is 1.59. The molecule has 0 atom stereocenters. The highest BCUT2D eigenvalue weighted by Gasteiger charge is 2.29. The van der Waals surface area contributed by atoms with Crippen molar-refractivity contribution in [1.82, 2.24) is 15.0 Å². The van der Waals surface area contributed by atoms with E-state index in [1.54, 1.807) is 49.6 Å². The number of hydrogen-bond donors (Lipinski definition) is 1. The Labute approximate surface area is 212 Å². The number of para-hydroxylation sites is 1. The number of carboxylic acids is 1. The highest BCUT2D eigenvalue weighted by molar-refractivity contribution is 6.16. The van der Waals surface area contributed by atoms with Crippen molar-refractivity contribution in [2.45, 2.75) is 13.2 Å². The van der Waals surface area contributed by atoms with E-state index in [0.29, 0.717) is 5.75 Å². The topological polar surface area (TPSA) is 124 Å². The third-order valence-electron chi connectivity index (χ3n) is 5.63. The lowest BCUT2D eigenvalue weighted by Crippen LogP contribution is -2.28. The number of carbonyl (C=O) groups is 3. The summed E-state index contributed by atoms with van der Waals surface area (Å²) in [6, 6.07) is 22.5. The molecule has 0 saturated heterocycles. The number of ether oxygens (including phenoxy) is 2. The van der Waals surface area contributed by atoms with Gasteiger partial charge in [0.1, 0.15) is 12.4 Å². The summed E-state index contributed by atoms with van der Waals surface area (Å²) in [5.74, 6) is -1.38. The smallest absolute Gasteiger partial charge is 0.414 e. The SMILES string of the molecule is COc1ccc(Cn2nnc(C(=O)c3ccccc3N(C)C(=O)OCc3ccccc3)c2C(=O)O)cc1. The number of aromatic carboxylic acids is 1. The van der Waals surface area contributed by atoms with Gasteiger partial charge in [-0.1, -0.05) is 59.8 Å². The maximum Gasteiger partial charge on any atom is 0.414 e. The minimum atomic E-state index is -1.35. The van der Waals surface area contributed by atoms with Gasteiger partial charge < -0.3 is 14.6 Å². The van der Waals surface area contributed by atoms with Gasteiger partial charge in [0.05, 0.1) is 19.3 Å². The fourth-order valence-electron chi connectivity index (χ4n) is 3.69. The normalized spacial score (nSPS) is 10.5. The lowest BCUT2D eigenvalue weighted by Gasteiger charge is -2.19. The lowest BCUT2D eigenvalue weighted by molar-refractivity contribution is 0.0679. The van der Waals surface area contributed by atoms with Crippen molar-refractivity contribution in [3.05, 3.63) is 107 Å². The van der Waals surface area contributed by atoms with Crippen LogP contribution in [0.3, 0.4) is 0 Å². The maximum atomic E-state index is 13.5. The predicted molar refractivity (Wildman–Crippen MR) is 134 cm³/mol. The summed E-state index contributed by atoms with van der Waals surface area (Å²) in [7, 11) is 3.02. The van der Waals surface area contributed by atoms with Crippen LogP contribution in [0.4, 0.5) is 10.5 Å². The van der Waals surface area contributed by atoms with E-state index in [9.17, 15) is 19.5 Å². The Morgan fingerprint density at radius 3 is 2.27 bits per heavy atom. The van der Waals surface area contributed by atoms with Crippen LogP contribution in [0.15, 0.2) is 78.9 Å². The van der Waals surface area contributed by atoms with E-state index >= 15 is 0 Å². The van der Waals surface area contributed by atoms with Crippen molar-refractivity contribution in [3.8, 4) is 5.75 Å². The van der Waals surface area contributed by atoms with E-state index < -0.39 is 17.8 Å². The maximum absolute atomic E-state index is 13.5. The fourth-order valence-corrected chi connectivity index (χ4v) is 3.69. The van der Waals surface area contributed by atoms with Gasteiger partial charge in [-0.15, -0.1) is 5.10 Å². The first-order valence-corrected chi connectivity index (χ1v) is 11.3. The van der Waals surface area contributed by atoms with Crippen molar-refractivity contribution in [1.29, 1.82) is 0 Å². The van der Waals surface area contributed by atoms with Crippen molar-refractivity contribution < 1.29 is 29.0 Å². The second-order valence-corrected chi connectivity index (χ2v) is 8.04. The van der Waals surface area contributed by atoms with E-state index in [1.165, 1.54) is 18.0 Å². The zero-order valence-electron chi connectivity index (χ0n) is 20.2. The first-order valence-electron chi connectivity index (χ1n) is 11.3. The number of nitrogens with zero attached hydrogens (tertiary/aromatic N) is 4. The molecule has 0 aliphatic carbocycles. The quantitative estimate of drug-likeness (QED) is 0.342. The molecule has 1 amide bonds. The Kier molecular flexibility index (Phi) is 7.58. The van der Waals surface area contributed by atoms with Crippen molar-refractivity contribution >= 4 is 23.5 Å². The van der Waals surface area contributed by atoms with Crippen LogP contribution in [0, 0.1) is 0 Å². The number of anilines is 1. The van der Waals surface area contributed by atoms with Crippen molar-refractivity contribution in [3.63, 3.8) is 0 Å². The van der Waals surface area contributed by atoms with Gasteiger partial charge in [-0.2, -0.15) is 0 Å². The van der Waals surface area contributed by atoms with Crippen molar-refractivity contribution in [2.75, 3.05) is 19.1 Å². The van der Waals surface area contributed by atoms with Crippen LogP contribution in [0.1, 0.15) is 37.7 Å². The average Bonchev–Trinajstić information content (AvgIpc) is 3.35. The summed E-state index contributed by atoms with van der Waals surface area (Å²) in [4.78, 5) is 39.5. The monoisotopic (exact) mass is 500 g/mol. The zero-order valence-corrected chi connectivity index (χ0v) is 20.2. The molecule has 4 rings (SSSR count). The third-order valence-corrected chi connectivity index (χ3v) is 5.63. The van der Waals surface area contributed by atoms with Crippen LogP contribution in [-0.4, -0.2) is 52.1 Å². The highest BCUT2D eigenvalue weighted by Crippen LogP contribution is 2.24. The second-order valence-electron chi connectivity index (χ2n) is 8.04. The van der Waals surface area contributed by atoms with Gasteiger partial charge >= 0.3 is 12.1 Å². The number of carboxylic acid groups (broad SMARTS) is 1. The van der Waals surface area contributed by atoms with Gasteiger partial charge in [-0.25, -0.2) is 14.3 Å². The standard InChI is InChI=1S/C27H24N4O6/c1-30(27(35)37-17-19-8-4-3-5-9-19)22-11-7-6-10-21(22)25(32)23-24(26(33)34)31(29-28-23)16-18-12-14-20(36-2)15-13-18/h3-15H,16-17H2,1-2H3,(H,33,34). The van der Waals surface area contributed by atoms with E-state index in [1.807, 2.05) is 30.3 Å². The van der Waals surface area contributed by atoms with E-state index in [2.05, 4.69) is 10.3 Å². The Hall–Kier alpha value is -4.99. The van der Waals surface area contributed by atoms with Gasteiger partial charge in [0.25, 0.3) is 0 Å². The van der Waals surface area contributed by atoms with Crippen LogP contribution in [0.25, 0.3) is 0 Å². The van der Waals surface area contributed by atoms with Crippen LogP contribution >= 0.6 is 0 Å². The van der Waals surface area contributed by atoms with Crippen LogP contribution in [0.5, 0.6) is 5.75 Å². The van der Waals surface area contributed by atoms with Crippen LogP contribution in [-0.2, 0) is 17.9 Å². The molecule has 188 valence electrons. The fraction of sp³-hybridized carbons (Fsp3) is 0.148. The number of rotatable bonds is 9. The second kappa shape index (κ2) is 11.2. The molecule has 1 N–H and O–H groups in total. The summed E-state index contributed by atoms with van der Waals surface area (Å²) >= 11 is 0. The number of aromatic nitrogens is 3. The van der Waals surface area contributed by atoms with Gasteiger partial charge in [0.15, 0.2) is 11.4 Å². The molecular weight excluding hydrogens is 476 g/mol. The summed E-state index contributed by atoms with van der Waals surface area (Å²) in [5, 5.41) is 17.7. The largest absolute Gasteiger partial charge is 0.497 e. The molecule has 0 radical (unpaired) electrons. The molecule has 0 aliphatic rings. The number of methoxy groups -OCH3 is 1. The minimum Gasteiger partial charge on any atom is -0.497 e. The average molecular weight is 501 g/mol. The van der Waals surface area contributed by atoms with Crippen LogP contribution < -0.4 is 9.64 Å². The molecule has 0 aliphatic heterocycles. The van der Waals surface area contributed by atoms with Gasteiger partial charge in [0, 0.05) is 12.6 Å². The lowest BCUT2D eigenvalue weighted by atomic mass is 10.0. The van der Waals surface area contributed by atoms with E-state index in [4.69, 9.17) is 9.47 Å². The van der Waals surface area contributed by atoms with Gasteiger partial charge in [-0.3, -0.25) is 9.69 Å². The van der Waals surface area contributed by atoms with Gasteiger partial charge in [-0.05, 0) is 35.4 Å². The first kappa shape index (κ1) is 25.1. The molecule has 0 spiro atoms. The molecule has 1 heterocycles. The molecule has 0 saturated carbocycles. The Bertz CT molecular complexity index is 1420. The molecule has 10 nitrogen and oxygen atoms in total. The molecule has 0 bridgehead atoms. The molecule has 37 heavy (non-hydrogen) atoms. The summed E-state index contributed by atoms with van der Waals surface area (Å²) < 4.78 is 11.7. The zero-order chi connectivity index (χ0) is 26.4. The number of amides is 1. The molecule has 4 aromatic rings. The number of hydrogen-bond acceptors (Lipinski definition) is 7. The van der Waals surface area contributed by atoms with Crippen LogP contribution in [0.2, 0.25) is 0 Å². The van der Waals surface area contributed by atoms with E-state index in [-0.39, 0.29) is 35.8 Å². The van der Waals surface area contributed by atoms with Gasteiger partial charge in [0.2, 0.25) is 5.78 Å². The molecular formula is C27H24N4O6. The number of benzene rings is 3. The molecule has 1 aromatic heterocycles. The first-order chi connectivity index (χ1) is 17.9. The predicted octanol–water partition coefficient (Wildman–Crippen LogP) is 4.04. The Morgan fingerprint density at radius 1 is 0.919 bits per heavy atom. The number of ketones is 1. The molecule has 0 fully saturated rings. The molecule has 10 heteroatoms. The Morgan fingerprint density at radius 2 is 1.59 bits per heavy atom. The van der Waals surface area contributed by atoms with Crippen molar-refractivity contribution in [2.24, 2.45) is 0 Å². The highest BCUT2D eigenvalue weighted by atomic mass is 16.6. The summed E-state index contributed by atoms with van der Waals surface area (Å²) in [5.41, 5.74) is 1.19. The number of carbonyl (C=O) groups excluding carboxylic acids is 2. The van der Waals surface area contributed by atoms with E-state index in [0.717, 1.165) is 15.8 Å². The third kappa shape index (κ3) is 5.64. The summed E-state index contributed by atoms with van der Waals surface area (Å²) in [6.45, 7) is 0.141. The summed E-state index contributed by atoms with van der Waals surface area (Å²) in [6.07, 6.45) is -0.675. The molecule has 3 aromatic carbocycles. The minimum absolute atomic E-state index is 0.0585.